The Morgan fingerprint density at radius 1 is 1.23 bits per heavy atom. The van der Waals surface area contributed by atoms with E-state index in [1.165, 1.54) is 18.2 Å². The maximum absolute atomic E-state index is 12.6. The van der Waals surface area contributed by atoms with E-state index in [1.807, 2.05) is 22.6 Å². The summed E-state index contributed by atoms with van der Waals surface area (Å²) in [5.74, 6) is 0.145. The van der Waals surface area contributed by atoms with Crippen LogP contribution in [-0.2, 0) is 15.7 Å². The van der Waals surface area contributed by atoms with Gasteiger partial charge in [0.1, 0.15) is 19.0 Å². The third kappa shape index (κ3) is 6.54. The molecule has 8 heteroatoms. The van der Waals surface area contributed by atoms with Gasteiger partial charge in [-0.05, 0) is 59.9 Å². The monoisotopic (exact) mass is 430 g/mol. The summed E-state index contributed by atoms with van der Waals surface area (Å²) < 4.78 is 52.8. The molecule has 4 nitrogen and oxygen atoms in total. The molecule has 1 aromatic rings. The van der Waals surface area contributed by atoms with Crippen molar-refractivity contribution in [1.82, 2.24) is 0 Å². The van der Waals surface area contributed by atoms with E-state index < -0.39 is 17.9 Å². The molecule has 0 N–H and O–H groups in total. The molecule has 0 aliphatic heterocycles. The number of halogens is 4. The van der Waals surface area contributed by atoms with Crippen molar-refractivity contribution in [2.45, 2.75) is 13.1 Å². The fourth-order valence-corrected chi connectivity index (χ4v) is 1.83. The largest absolute Gasteiger partial charge is 0.508 e. The van der Waals surface area contributed by atoms with Crippen molar-refractivity contribution in [2.24, 2.45) is 0 Å². The number of ether oxygens (including phenoxy) is 3. The molecule has 0 radical (unpaired) electrons. The lowest BCUT2D eigenvalue weighted by Gasteiger charge is -2.11. The van der Waals surface area contributed by atoms with Gasteiger partial charge in [0.05, 0.1) is 15.7 Å². The smallest absolute Gasteiger partial charge is 0.488 e. The fourth-order valence-electron chi connectivity index (χ4n) is 1.34. The number of hydrogen-bond acceptors (Lipinski definition) is 4. The number of carbonyl (C=O) groups is 1. The summed E-state index contributed by atoms with van der Waals surface area (Å²) in [6.45, 7) is 1.94. The van der Waals surface area contributed by atoms with Crippen molar-refractivity contribution in [3.05, 3.63) is 39.5 Å². The highest BCUT2D eigenvalue weighted by molar-refractivity contribution is 14.1. The first kappa shape index (κ1) is 18.6. The molecule has 0 amide bonds. The zero-order valence-electron chi connectivity index (χ0n) is 11.7. The highest BCUT2D eigenvalue weighted by atomic mass is 127. The number of rotatable bonds is 6. The molecule has 22 heavy (non-hydrogen) atoms. The lowest BCUT2D eigenvalue weighted by atomic mass is 10.2. The van der Waals surface area contributed by atoms with Crippen molar-refractivity contribution < 1.29 is 32.2 Å². The maximum atomic E-state index is 12.6. The van der Waals surface area contributed by atoms with Crippen LogP contribution < -0.4 is 4.74 Å². The summed E-state index contributed by atoms with van der Waals surface area (Å²) in [4.78, 5) is 10.9. The fraction of sp³-hybridized carbons (Fsp3) is 0.357. The highest BCUT2D eigenvalue weighted by Crippen LogP contribution is 2.33. The molecular weight excluding hydrogens is 416 g/mol. The van der Waals surface area contributed by atoms with Crippen LogP contribution in [0.25, 0.3) is 0 Å². The minimum Gasteiger partial charge on any atom is -0.488 e. The van der Waals surface area contributed by atoms with Crippen molar-refractivity contribution in [3.63, 3.8) is 0 Å². The Morgan fingerprint density at radius 2 is 1.91 bits per heavy atom. The van der Waals surface area contributed by atoms with Crippen LogP contribution in [0.15, 0.2) is 30.4 Å². The summed E-state index contributed by atoms with van der Waals surface area (Å²) in [5.41, 5.74) is -0.766. The average molecular weight is 430 g/mol. The van der Waals surface area contributed by atoms with Crippen LogP contribution in [-0.4, -0.2) is 26.0 Å². The number of carbonyl (C=O) groups excluding carboxylic acids is 1. The minimum absolute atomic E-state index is 0.00186. The third-order valence-electron chi connectivity index (χ3n) is 2.32. The van der Waals surface area contributed by atoms with E-state index in [9.17, 15) is 18.0 Å². The lowest BCUT2D eigenvalue weighted by Crippen LogP contribution is -2.07. The van der Waals surface area contributed by atoms with Gasteiger partial charge in [-0.3, -0.25) is 0 Å². The van der Waals surface area contributed by atoms with Gasteiger partial charge >= 0.3 is 12.3 Å². The van der Waals surface area contributed by atoms with E-state index in [1.54, 1.807) is 6.92 Å². The number of alkyl halides is 3. The summed E-state index contributed by atoms with van der Waals surface area (Å²) >= 11 is 1.89. The molecule has 0 unspecified atom stereocenters. The number of benzene rings is 1. The van der Waals surface area contributed by atoms with E-state index in [0.29, 0.717) is 3.57 Å². The highest BCUT2D eigenvalue weighted by Gasteiger charge is 2.31. The van der Waals surface area contributed by atoms with E-state index >= 15 is 0 Å². The summed E-state index contributed by atoms with van der Waals surface area (Å²) in [6, 6.07) is 3.29. The maximum Gasteiger partial charge on any atom is 0.508 e. The zero-order chi connectivity index (χ0) is 16.6. The van der Waals surface area contributed by atoms with Gasteiger partial charge in [0, 0.05) is 0 Å². The van der Waals surface area contributed by atoms with Gasteiger partial charge in [-0.1, -0.05) is 0 Å². The van der Waals surface area contributed by atoms with Gasteiger partial charge in [-0.15, -0.1) is 0 Å². The Morgan fingerprint density at radius 3 is 2.55 bits per heavy atom. The van der Waals surface area contributed by atoms with E-state index in [0.717, 1.165) is 12.1 Å². The predicted molar refractivity (Wildman–Crippen MR) is 81.8 cm³/mol. The number of hydrogen-bond donors (Lipinski definition) is 0. The Kier molecular flexibility index (Phi) is 7.49. The average Bonchev–Trinajstić information content (AvgIpc) is 2.43. The van der Waals surface area contributed by atoms with Gasteiger partial charge in [-0.2, -0.15) is 13.2 Å². The molecule has 0 heterocycles. The van der Waals surface area contributed by atoms with Gasteiger partial charge in [0.2, 0.25) is 0 Å². The normalized spacial score (nSPS) is 11.5. The minimum atomic E-state index is -4.41. The van der Waals surface area contributed by atoms with Crippen molar-refractivity contribution in [3.8, 4) is 5.75 Å². The second kappa shape index (κ2) is 8.86. The summed E-state index contributed by atoms with van der Waals surface area (Å²) in [7, 11) is 0. The molecule has 0 saturated heterocycles. The first-order valence-corrected chi connectivity index (χ1v) is 7.36. The molecule has 0 fully saturated rings. The molecular formula is C14H14F3IO4. The van der Waals surface area contributed by atoms with Gasteiger partial charge in [0.25, 0.3) is 0 Å². The first-order valence-electron chi connectivity index (χ1n) is 6.28. The molecule has 1 rings (SSSR count). The molecule has 0 aromatic heterocycles. The lowest BCUT2D eigenvalue weighted by molar-refractivity contribution is -0.137. The van der Waals surface area contributed by atoms with Crippen LogP contribution >= 0.6 is 22.6 Å². The Bertz CT molecular complexity index is 529. The van der Waals surface area contributed by atoms with E-state index in [-0.39, 0.29) is 25.6 Å². The topological polar surface area (TPSA) is 44.8 Å². The molecule has 122 valence electrons. The van der Waals surface area contributed by atoms with Crippen molar-refractivity contribution >= 4 is 28.7 Å². The zero-order valence-corrected chi connectivity index (χ0v) is 13.8. The standard InChI is InChI=1S/C14H14F3IO4/c1-2-20-13(19)22-8-4-3-7-21-12-9-10(14(15,16)17)5-6-11(12)18/h3-6,9H,2,7-8H2,1H3/b4-3-. The van der Waals surface area contributed by atoms with Crippen LogP contribution in [0.5, 0.6) is 5.75 Å². The van der Waals surface area contributed by atoms with Crippen LogP contribution in [0.1, 0.15) is 12.5 Å². The van der Waals surface area contributed by atoms with E-state index in [2.05, 4.69) is 9.47 Å². The molecule has 0 atom stereocenters. The van der Waals surface area contributed by atoms with Gasteiger partial charge < -0.3 is 14.2 Å². The Labute approximate surface area is 139 Å². The second-order valence-electron chi connectivity index (χ2n) is 3.92. The van der Waals surface area contributed by atoms with Crippen LogP contribution in [0.3, 0.4) is 0 Å². The van der Waals surface area contributed by atoms with Crippen LogP contribution in [0.2, 0.25) is 0 Å². The summed E-state index contributed by atoms with van der Waals surface area (Å²) in [5, 5.41) is 0. The second-order valence-corrected chi connectivity index (χ2v) is 5.08. The quantitative estimate of drug-likeness (QED) is 0.381. The van der Waals surface area contributed by atoms with Crippen LogP contribution in [0.4, 0.5) is 18.0 Å². The summed E-state index contributed by atoms with van der Waals surface area (Å²) in [6.07, 6.45) is -2.14. The van der Waals surface area contributed by atoms with Crippen molar-refractivity contribution in [2.75, 3.05) is 19.8 Å². The van der Waals surface area contributed by atoms with Gasteiger partial charge in [0.15, 0.2) is 0 Å². The van der Waals surface area contributed by atoms with E-state index in [4.69, 9.17) is 4.74 Å². The van der Waals surface area contributed by atoms with Crippen molar-refractivity contribution in [1.29, 1.82) is 0 Å². The predicted octanol–water partition coefficient (Wildman–Crippen LogP) is 4.42. The molecule has 0 bridgehead atoms. The Hall–Kier alpha value is -1.45. The SMILES string of the molecule is CCOC(=O)OC/C=C\COc1cc(C(F)(F)F)ccc1I. The first-order chi connectivity index (χ1) is 10.3. The van der Waals surface area contributed by atoms with Gasteiger partial charge in [-0.25, -0.2) is 4.79 Å². The Balaban J connectivity index is 2.46. The molecule has 0 aliphatic rings. The third-order valence-corrected chi connectivity index (χ3v) is 3.21. The molecule has 0 saturated carbocycles. The molecule has 0 spiro atoms. The van der Waals surface area contributed by atoms with Crippen LogP contribution in [0, 0.1) is 3.57 Å². The molecule has 0 aliphatic carbocycles. The molecule has 1 aromatic carbocycles.